The minimum Gasteiger partial charge on any atom is -0.294 e. The van der Waals surface area contributed by atoms with Gasteiger partial charge in [0, 0.05) is 12.1 Å². The molecule has 0 aromatic carbocycles. The van der Waals surface area contributed by atoms with Gasteiger partial charge in [0.1, 0.15) is 5.82 Å². The van der Waals surface area contributed by atoms with Gasteiger partial charge in [-0.2, -0.15) is 4.37 Å². The van der Waals surface area contributed by atoms with Crippen LogP contribution in [0.4, 0.5) is 0 Å². The summed E-state index contributed by atoms with van der Waals surface area (Å²) in [5, 5.41) is 0.948. The van der Waals surface area contributed by atoms with E-state index in [-0.39, 0.29) is 0 Å². The Morgan fingerprint density at radius 2 is 2.28 bits per heavy atom. The van der Waals surface area contributed by atoms with Gasteiger partial charge in [0.05, 0.1) is 11.7 Å². The van der Waals surface area contributed by atoms with E-state index in [0.717, 1.165) is 20.8 Å². The molecule has 0 radical (unpaired) electrons. The quantitative estimate of drug-likeness (QED) is 0.735. The Morgan fingerprint density at radius 1 is 1.33 bits per heavy atom. The number of hydrogen-bond donors (Lipinski definition) is 0. The van der Waals surface area contributed by atoms with Gasteiger partial charge in [-0.05, 0) is 48.3 Å². The number of fused-ring (bicyclic) bond motifs is 1. The normalized spacial score (nSPS) is 15.3. The lowest BCUT2D eigenvalue weighted by atomic mass is 10.4. The molecule has 3 aromatic rings. The molecule has 0 bridgehead atoms. The lowest BCUT2D eigenvalue weighted by Crippen LogP contribution is -1.86. The number of pyridine rings is 1. The number of hydrogen-bond acceptors (Lipinski definition) is 5. The van der Waals surface area contributed by atoms with Crippen molar-refractivity contribution in [3.63, 3.8) is 0 Å². The molecule has 4 nitrogen and oxygen atoms in total. The molecule has 0 N–H and O–H groups in total. The van der Waals surface area contributed by atoms with Crippen molar-refractivity contribution < 1.29 is 0 Å². The molecule has 0 amide bonds. The molecule has 3 aromatic heterocycles. The summed E-state index contributed by atoms with van der Waals surface area (Å²) < 4.78 is 7.46. The minimum absolute atomic E-state index is 0.618. The molecule has 1 fully saturated rings. The van der Waals surface area contributed by atoms with E-state index in [2.05, 4.69) is 18.7 Å². The summed E-state index contributed by atoms with van der Waals surface area (Å²) in [5.74, 6) is 1.64. The maximum atomic E-state index is 4.57. The molecule has 0 atom stereocenters. The highest BCUT2D eigenvalue weighted by molar-refractivity contribution is 8.00. The van der Waals surface area contributed by atoms with Crippen LogP contribution < -0.4 is 0 Å². The van der Waals surface area contributed by atoms with Gasteiger partial charge in [0.25, 0.3) is 0 Å². The molecule has 1 aliphatic rings. The number of imidazole rings is 1. The summed E-state index contributed by atoms with van der Waals surface area (Å²) in [6.07, 6.45) is 6.39. The second kappa shape index (κ2) is 4.07. The van der Waals surface area contributed by atoms with Crippen molar-refractivity contribution in [2.45, 2.75) is 28.3 Å². The summed E-state index contributed by atoms with van der Waals surface area (Å²) in [6, 6.07) is 6.07. The molecule has 0 aliphatic heterocycles. The fourth-order valence-electron chi connectivity index (χ4n) is 1.84. The Hall–Kier alpha value is -1.40. The molecule has 0 saturated heterocycles. The molecule has 4 rings (SSSR count). The van der Waals surface area contributed by atoms with E-state index in [1.165, 1.54) is 24.4 Å². The first-order chi connectivity index (χ1) is 8.90. The van der Waals surface area contributed by atoms with Crippen LogP contribution in [-0.4, -0.2) is 18.7 Å². The zero-order valence-corrected chi connectivity index (χ0v) is 11.1. The zero-order valence-electron chi connectivity index (χ0n) is 9.48. The van der Waals surface area contributed by atoms with Crippen molar-refractivity contribution in [1.82, 2.24) is 18.7 Å². The average molecular weight is 274 g/mol. The van der Waals surface area contributed by atoms with E-state index >= 15 is 0 Å². The second-order valence-corrected chi connectivity index (χ2v) is 6.30. The fourth-order valence-corrected chi connectivity index (χ4v) is 3.49. The van der Waals surface area contributed by atoms with E-state index in [9.17, 15) is 0 Å². The third kappa shape index (κ3) is 1.81. The Morgan fingerprint density at radius 3 is 3.17 bits per heavy atom. The van der Waals surface area contributed by atoms with Crippen molar-refractivity contribution in [3.05, 3.63) is 36.4 Å². The molecule has 6 heteroatoms. The Kier molecular flexibility index (Phi) is 2.38. The highest BCUT2D eigenvalue weighted by atomic mass is 32.2. The van der Waals surface area contributed by atoms with Crippen molar-refractivity contribution in [2.24, 2.45) is 0 Å². The Balaban J connectivity index is 1.66. The van der Waals surface area contributed by atoms with Crippen molar-refractivity contribution in [2.75, 3.05) is 0 Å². The first-order valence-electron chi connectivity index (χ1n) is 5.84. The van der Waals surface area contributed by atoms with Crippen LogP contribution in [-0.2, 0) is 0 Å². The van der Waals surface area contributed by atoms with Crippen LogP contribution in [0, 0.1) is 0 Å². The second-order valence-electron chi connectivity index (χ2n) is 4.33. The molecule has 3 heterocycles. The molecule has 0 unspecified atom stereocenters. The van der Waals surface area contributed by atoms with Crippen LogP contribution in [0.25, 0.3) is 5.52 Å². The van der Waals surface area contributed by atoms with Gasteiger partial charge >= 0.3 is 0 Å². The summed E-state index contributed by atoms with van der Waals surface area (Å²) >= 11 is 3.06. The average Bonchev–Trinajstić information content (AvgIpc) is 3.02. The van der Waals surface area contributed by atoms with Crippen LogP contribution in [0.3, 0.4) is 0 Å². The number of nitrogens with zero attached hydrogens (tertiary/aromatic N) is 4. The first-order valence-corrected chi connectivity index (χ1v) is 7.43. The van der Waals surface area contributed by atoms with Gasteiger partial charge in [-0.25, -0.2) is 9.97 Å². The van der Waals surface area contributed by atoms with E-state index in [1.54, 1.807) is 11.8 Å². The van der Waals surface area contributed by atoms with Crippen LogP contribution in [0.15, 0.2) is 40.1 Å². The number of rotatable bonds is 3. The van der Waals surface area contributed by atoms with Crippen molar-refractivity contribution in [3.8, 4) is 0 Å². The standard InChI is InChI=1S/C12H10N4S2/c1-2-6-16-9(3-1)7-13-11(16)17-12-14-10(15-18-12)8-4-5-8/h1-3,6-8H,4-5H2. The molecule has 18 heavy (non-hydrogen) atoms. The number of aromatic nitrogens is 4. The SMILES string of the molecule is c1ccn2c(Sc3nc(C4CC4)ns3)ncc2c1. The molecular formula is C12H10N4S2. The van der Waals surface area contributed by atoms with Gasteiger partial charge < -0.3 is 0 Å². The first kappa shape index (κ1) is 10.5. The zero-order chi connectivity index (χ0) is 11.9. The third-order valence-electron chi connectivity index (χ3n) is 2.95. The largest absolute Gasteiger partial charge is 0.294 e. The van der Waals surface area contributed by atoms with Crippen LogP contribution in [0.5, 0.6) is 0 Å². The molecule has 1 saturated carbocycles. The van der Waals surface area contributed by atoms with Crippen molar-refractivity contribution in [1.29, 1.82) is 0 Å². The summed E-state index contributed by atoms with van der Waals surface area (Å²) in [4.78, 5) is 9.00. The molecule has 1 aliphatic carbocycles. The monoisotopic (exact) mass is 274 g/mol. The summed E-state index contributed by atoms with van der Waals surface area (Å²) in [6.45, 7) is 0. The van der Waals surface area contributed by atoms with E-state index in [1.807, 2.05) is 30.6 Å². The molecule has 0 spiro atoms. The van der Waals surface area contributed by atoms with Gasteiger partial charge in [0.15, 0.2) is 9.50 Å². The van der Waals surface area contributed by atoms with E-state index in [0.29, 0.717) is 5.92 Å². The smallest absolute Gasteiger partial charge is 0.179 e. The molecule has 90 valence electrons. The fraction of sp³-hybridized carbons (Fsp3) is 0.250. The van der Waals surface area contributed by atoms with Gasteiger partial charge in [-0.3, -0.25) is 4.40 Å². The Labute approximate surface area is 112 Å². The highest BCUT2D eigenvalue weighted by Gasteiger charge is 2.28. The van der Waals surface area contributed by atoms with Gasteiger partial charge in [0.2, 0.25) is 0 Å². The highest BCUT2D eigenvalue weighted by Crippen LogP contribution is 2.40. The van der Waals surface area contributed by atoms with Crippen LogP contribution >= 0.6 is 23.3 Å². The lowest BCUT2D eigenvalue weighted by molar-refractivity contribution is 0.940. The van der Waals surface area contributed by atoms with E-state index < -0.39 is 0 Å². The van der Waals surface area contributed by atoms with Crippen LogP contribution in [0.2, 0.25) is 0 Å². The predicted octanol–water partition coefficient (Wildman–Crippen LogP) is 3.21. The summed E-state index contributed by atoms with van der Waals surface area (Å²) in [7, 11) is 0. The summed E-state index contributed by atoms with van der Waals surface area (Å²) in [5.41, 5.74) is 1.10. The lowest BCUT2D eigenvalue weighted by Gasteiger charge is -1.96. The van der Waals surface area contributed by atoms with Crippen molar-refractivity contribution >= 4 is 28.8 Å². The van der Waals surface area contributed by atoms with Gasteiger partial charge in [-0.15, -0.1) is 0 Å². The minimum atomic E-state index is 0.618. The maximum absolute atomic E-state index is 4.57. The predicted molar refractivity (Wildman–Crippen MR) is 71.2 cm³/mol. The topological polar surface area (TPSA) is 43.1 Å². The van der Waals surface area contributed by atoms with Gasteiger partial charge in [-0.1, -0.05) is 6.07 Å². The van der Waals surface area contributed by atoms with E-state index in [4.69, 9.17) is 0 Å². The Bertz CT molecular complexity index is 699. The van der Waals surface area contributed by atoms with Crippen LogP contribution in [0.1, 0.15) is 24.6 Å². The third-order valence-corrected chi connectivity index (χ3v) is 4.70. The molecular weight excluding hydrogens is 264 g/mol. The maximum Gasteiger partial charge on any atom is 0.179 e.